The molecule has 2 heterocycles. The molecule has 106 valence electrons. The van der Waals surface area contributed by atoms with Crippen LogP contribution in [0.5, 0.6) is 0 Å². The van der Waals surface area contributed by atoms with E-state index in [1.807, 2.05) is 24.4 Å². The Labute approximate surface area is 124 Å². The molecule has 7 heteroatoms. The Balaban J connectivity index is 2.27. The van der Waals surface area contributed by atoms with Crippen LogP contribution in [0, 0.1) is 0 Å². The number of thiazole rings is 1. The zero-order valence-corrected chi connectivity index (χ0v) is 12.5. The van der Waals surface area contributed by atoms with Crippen molar-refractivity contribution in [2.45, 2.75) is 26.2 Å². The third-order valence-electron chi connectivity index (χ3n) is 2.49. The van der Waals surface area contributed by atoms with Crippen LogP contribution in [0.1, 0.15) is 24.6 Å². The fourth-order valence-electron chi connectivity index (χ4n) is 1.68. The Bertz CT molecular complexity index is 605. The quantitative estimate of drug-likeness (QED) is 0.858. The Morgan fingerprint density at radius 2 is 2.25 bits per heavy atom. The molecular formula is C13H14N2O3S2. The zero-order valence-electron chi connectivity index (χ0n) is 10.9. The summed E-state index contributed by atoms with van der Waals surface area (Å²) in [7, 11) is 0. The van der Waals surface area contributed by atoms with Gasteiger partial charge >= 0.3 is 5.97 Å². The lowest BCUT2D eigenvalue weighted by Gasteiger charge is -1.97. The highest BCUT2D eigenvalue weighted by Gasteiger charge is 2.17. The summed E-state index contributed by atoms with van der Waals surface area (Å²) in [4.78, 5) is 28.4. The number of aliphatic carboxylic acids is 1. The number of amides is 1. The summed E-state index contributed by atoms with van der Waals surface area (Å²) in [6, 6.07) is 3.78. The SMILES string of the molecule is CCCC(=O)Nc1nc(-c2cccs2)c(CC(=O)O)s1. The van der Waals surface area contributed by atoms with Crippen LogP contribution in [-0.2, 0) is 16.0 Å². The first-order valence-corrected chi connectivity index (χ1v) is 7.85. The maximum atomic E-state index is 11.6. The van der Waals surface area contributed by atoms with Crippen molar-refractivity contribution in [1.82, 2.24) is 4.98 Å². The molecule has 0 unspecified atom stereocenters. The molecule has 0 aliphatic carbocycles. The molecular weight excluding hydrogens is 296 g/mol. The van der Waals surface area contributed by atoms with Crippen LogP contribution in [0.25, 0.3) is 10.6 Å². The lowest BCUT2D eigenvalue weighted by Crippen LogP contribution is -2.10. The number of thiophene rings is 1. The van der Waals surface area contributed by atoms with Crippen molar-refractivity contribution in [1.29, 1.82) is 0 Å². The second kappa shape index (κ2) is 6.62. The first-order chi connectivity index (χ1) is 9.60. The first kappa shape index (κ1) is 14.7. The van der Waals surface area contributed by atoms with Crippen LogP contribution in [0.15, 0.2) is 17.5 Å². The number of hydrogen-bond acceptors (Lipinski definition) is 5. The Hall–Kier alpha value is -1.73. The van der Waals surface area contributed by atoms with Crippen molar-refractivity contribution >= 4 is 39.7 Å². The van der Waals surface area contributed by atoms with Crippen LogP contribution in [0.2, 0.25) is 0 Å². The van der Waals surface area contributed by atoms with Gasteiger partial charge in [0, 0.05) is 11.3 Å². The second-order valence-electron chi connectivity index (χ2n) is 4.14. The van der Waals surface area contributed by atoms with Crippen molar-refractivity contribution in [3.63, 3.8) is 0 Å². The maximum absolute atomic E-state index is 11.6. The molecule has 0 aliphatic rings. The van der Waals surface area contributed by atoms with Gasteiger partial charge < -0.3 is 10.4 Å². The number of nitrogens with one attached hydrogen (secondary N) is 1. The van der Waals surface area contributed by atoms with Crippen LogP contribution < -0.4 is 5.32 Å². The molecule has 2 rings (SSSR count). The van der Waals surface area contributed by atoms with E-state index >= 15 is 0 Å². The number of nitrogens with zero attached hydrogens (tertiary/aromatic N) is 1. The molecule has 2 N–H and O–H groups in total. The summed E-state index contributed by atoms with van der Waals surface area (Å²) < 4.78 is 0. The highest BCUT2D eigenvalue weighted by molar-refractivity contribution is 7.17. The monoisotopic (exact) mass is 310 g/mol. The minimum Gasteiger partial charge on any atom is -0.481 e. The van der Waals surface area contributed by atoms with Crippen molar-refractivity contribution in [2.75, 3.05) is 5.32 Å². The van der Waals surface area contributed by atoms with E-state index in [0.717, 1.165) is 11.3 Å². The normalized spacial score (nSPS) is 10.4. The molecule has 2 aromatic rings. The first-order valence-electron chi connectivity index (χ1n) is 6.15. The predicted octanol–water partition coefficient (Wildman–Crippen LogP) is 3.24. The third-order valence-corrected chi connectivity index (χ3v) is 4.33. The van der Waals surface area contributed by atoms with E-state index in [-0.39, 0.29) is 12.3 Å². The lowest BCUT2D eigenvalue weighted by atomic mass is 10.2. The number of hydrogen-bond donors (Lipinski definition) is 2. The van der Waals surface area contributed by atoms with Crippen molar-refractivity contribution < 1.29 is 14.7 Å². The smallest absolute Gasteiger partial charge is 0.308 e. The number of anilines is 1. The van der Waals surface area contributed by atoms with Crippen molar-refractivity contribution in [3.05, 3.63) is 22.4 Å². The maximum Gasteiger partial charge on any atom is 0.308 e. The summed E-state index contributed by atoms with van der Waals surface area (Å²) in [5.74, 6) is -1.00. The highest BCUT2D eigenvalue weighted by Crippen LogP contribution is 2.34. The molecule has 0 spiro atoms. The van der Waals surface area contributed by atoms with Crippen LogP contribution in [0.3, 0.4) is 0 Å². The van der Waals surface area contributed by atoms with Gasteiger partial charge in [-0.15, -0.1) is 22.7 Å². The van der Waals surface area contributed by atoms with Crippen LogP contribution >= 0.6 is 22.7 Å². The van der Waals surface area contributed by atoms with E-state index < -0.39 is 5.97 Å². The highest BCUT2D eigenvalue weighted by atomic mass is 32.1. The van der Waals surface area contributed by atoms with Gasteiger partial charge in [0.15, 0.2) is 5.13 Å². The van der Waals surface area contributed by atoms with Gasteiger partial charge in [-0.2, -0.15) is 0 Å². The summed E-state index contributed by atoms with van der Waals surface area (Å²) in [6.45, 7) is 1.92. The average Bonchev–Trinajstić information content (AvgIpc) is 2.98. The lowest BCUT2D eigenvalue weighted by molar-refractivity contribution is -0.136. The van der Waals surface area contributed by atoms with Crippen LogP contribution in [-0.4, -0.2) is 22.0 Å². The van der Waals surface area contributed by atoms with E-state index in [2.05, 4.69) is 10.3 Å². The summed E-state index contributed by atoms with van der Waals surface area (Å²) in [5, 5.41) is 14.1. The molecule has 0 saturated heterocycles. The Morgan fingerprint density at radius 1 is 1.45 bits per heavy atom. The predicted molar refractivity (Wildman–Crippen MR) is 80.3 cm³/mol. The fourth-order valence-corrected chi connectivity index (χ4v) is 3.47. The number of carbonyl (C=O) groups excluding carboxylic acids is 1. The van der Waals surface area contributed by atoms with E-state index in [0.29, 0.717) is 22.1 Å². The minimum absolute atomic E-state index is 0.0887. The van der Waals surface area contributed by atoms with Crippen molar-refractivity contribution in [3.8, 4) is 10.6 Å². The average molecular weight is 310 g/mol. The fraction of sp³-hybridized carbons (Fsp3) is 0.308. The molecule has 0 saturated carbocycles. The van der Waals surface area contributed by atoms with Gasteiger partial charge in [0.05, 0.1) is 17.0 Å². The molecule has 20 heavy (non-hydrogen) atoms. The largest absolute Gasteiger partial charge is 0.481 e. The van der Waals surface area contributed by atoms with Gasteiger partial charge in [0.25, 0.3) is 0 Å². The van der Waals surface area contributed by atoms with E-state index in [4.69, 9.17) is 5.11 Å². The summed E-state index contributed by atoms with van der Waals surface area (Å²) in [6.07, 6.45) is 1.10. The summed E-state index contributed by atoms with van der Waals surface area (Å²) in [5.41, 5.74) is 0.652. The van der Waals surface area contributed by atoms with Crippen molar-refractivity contribution in [2.24, 2.45) is 0 Å². The Morgan fingerprint density at radius 3 is 2.85 bits per heavy atom. The molecule has 5 nitrogen and oxygen atoms in total. The molecule has 0 radical (unpaired) electrons. The molecule has 0 atom stereocenters. The van der Waals surface area contributed by atoms with Gasteiger partial charge in [0.1, 0.15) is 0 Å². The topological polar surface area (TPSA) is 79.3 Å². The van der Waals surface area contributed by atoms with Gasteiger partial charge in [-0.3, -0.25) is 9.59 Å². The summed E-state index contributed by atoms with van der Waals surface area (Å²) >= 11 is 2.72. The minimum atomic E-state index is -0.905. The van der Waals surface area contributed by atoms with E-state index in [9.17, 15) is 9.59 Å². The standard InChI is InChI=1S/C13H14N2O3S2/c1-2-4-10(16)14-13-15-12(8-5-3-6-19-8)9(20-13)7-11(17)18/h3,5-6H,2,4,7H2,1H3,(H,17,18)(H,14,15,16). The molecule has 1 amide bonds. The van der Waals surface area contributed by atoms with Gasteiger partial charge in [-0.1, -0.05) is 13.0 Å². The number of carboxylic acid groups (broad SMARTS) is 1. The van der Waals surface area contributed by atoms with Crippen LogP contribution in [0.4, 0.5) is 5.13 Å². The van der Waals surface area contributed by atoms with Gasteiger partial charge in [-0.05, 0) is 17.9 Å². The van der Waals surface area contributed by atoms with E-state index in [1.165, 1.54) is 22.7 Å². The molecule has 0 aliphatic heterocycles. The number of carboxylic acids is 1. The third kappa shape index (κ3) is 3.64. The van der Waals surface area contributed by atoms with E-state index in [1.54, 1.807) is 0 Å². The second-order valence-corrected chi connectivity index (χ2v) is 6.17. The molecule has 2 aromatic heterocycles. The van der Waals surface area contributed by atoms with Gasteiger partial charge in [-0.25, -0.2) is 4.98 Å². The number of aromatic nitrogens is 1. The molecule has 0 fully saturated rings. The molecule has 0 bridgehead atoms. The number of rotatable bonds is 6. The Kier molecular flexibility index (Phi) is 4.86. The zero-order chi connectivity index (χ0) is 14.5. The van der Waals surface area contributed by atoms with Gasteiger partial charge in [0.2, 0.25) is 5.91 Å². The number of carbonyl (C=O) groups is 2. The molecule has 0 aromatic carbocycles.